The molecule has 128 valence electrons. The molecule has 24 heavy (non-hydrogen) atoms. The van der Waals surface area contributed by atoms with Crippen molar-refractivity contribution >= 4 is 5.91 Å². The van der Waals surface area contributed by atoms with Crippen LogP contribution in [0.15, 0.2) is 30.5 Å². The molecule has 1 aliphatic carbocycles. The van der Waals surface area contributed by atoms with Crippen molar-refractivity contribution in [1.82, 2.24) is 20.3 Å². The standard InChI is InChI=1S/C18H24N4O2/c1-14-7-6-8-15(11-14)22-12-16(20-21-22)17(23)19-13-18(24)9-4-2-3-5-10-18/h6-8,11-12,24H,2-5,9-10,13H2,1H3,(H,19,23). The van der Waals surface area contributed by atoms with Crippen molar-refractivity contribution < 1.29 is 9.90 Å². The molecule has 0 unspecified atom stereocenters. The lowest BCUT2D eigenvalue weighted by Gasteiger charge is -2.26. The summed E-state index contributed by atoms with van der Waals surface area (Å²) in [7, 11) is 0. The summed E-state index contributed by atoms with van der Waals surface area (Å²) in [6.07, 6.45) is 7.42. The highest BCUT2D eigenvalue weighted by Gasteiger charge is 2.28. The molecule has 0 aliphatic heterocycles. The Labute approximate surface area is 141 Å². The third-order valence-electron chi connectivity index (χ3n) is 4.60. The fourth-order valence-electron chi connectivity index (χ4n) is 3.16. The minimum atomic E-state index is -0.793. The zero-order valence-electron chi connectivity index (χ0n) is 14.0. The first-order valence-electron chi connectivity index (χ1n) is 8.56. The summed E-state index contributed by atoms with van der Waals surface area (Å²) in [6.45, 7) is 2.27. The molecule has 0 bridgehead atoms. The smallest absolute Gasteiger partial charge is 0.273 e. The highest BCUT2D eigenvalue weighted by atomic mass is 16.3. The van der Waals surface area contributed by atoms with Gasteiger partial charge in [-0.1, -0.05) is 43.0 Å². The molecule has 2 N–H and O–H groups in total. The molecule has 6 heteroatoms. The second kappa shape index (κ2) is 7.13. The van der Waals surface area contributed by atoms with Gasteiger partial charge in [-0.25, -0.2) is 4.68 Å². The van der Waals surface area contributed by atoms with Crippen molar-refractivity contribution in [2.24, 2.45) is 0 Å². The summed E-state index contributed by atoms with van der Waals surface area (Å²) < 4.78 is 1.59. The van der Waals surface area contributed by atoms with Crippen LogP contribution in [0, 0.1) is 6.92 Å². The van der Waals surface area contributed by atoms with Crippen molar-refractivity contribution in [2.75, 3.05) is 6.54 Å². The van der Waals surface area contributed by atoms with Crippen LogP contribution >= 0.6 is 0 Å². The fourth-order valence-corrected chi connectivity index (χ4v) is 3.16. The number of hydrogen-bond donors (Lipinski definition) is 2. The Morgan fingerprint density at radius 1 is 1.29 bits per heavy atom. The van der Waals surface area contributed by atoms with E-state index in [-0.39, 0.29) is 18.1 Å². The highest BCUT2D eigenvalue weighted by Crippen LogP contribution is 2.26. The van der Waals surface area contributed by atoms with E-state index in [1.54, 1.807) is 10.9 Å². The molecule has 0 atom stereocenters. The molecule has 1 fully saturated rings. The third-order valence-corrected chi connectivity index (χ3v) is 4.60. The van der Waals surface area contributed by atoms with Crippen molar-refractivity contribution in [3.8, 4) is 5.69 Å². The van der Waals surface area contributed by atoms with Gasteiger partial charge in [-0.05, 0) is 37.5 Å². The van der Waals surface area contributed by atoms with Crippen LogP contribution in [0.4, 0.5) is 0 Å². The Kier molecular flexibility index (Phi) is 4.94. The van der Waals surface area contributed by atoms with Gasteiger partial charge < -0.3 is 10.4 Å². The Balaban J connectivity index is 1.63. The number of nitrogens with one attached hydrogen (secondary N) is 1. The lowest BCUT2D eigenvalue weighted by molar-refractivity contribution is 0.0246. The van der Waals surface area contributed by atoms with E-state index >= 15 is 0 Å². The topological polar surface area (TPSA) is 80.0 Å². The number of amides is 1. The largest absolute Gasteiger partial charge is 0.388 e. The Morgan fingerprint density at radius 3 is 2.75 bits per heavy atom. The third kappa shape index (κ3) is 4.00. The predicted octanol–water partition coefficient (Wildman–Crippen LogP) is 2.39. The normalized spacial score (nSPS) is 17.2. The van der Waals surface area contributed by atoms with Crippen LogP contribution in [0.1, 0.15) is 54.6 Å². The second-order valence-electron chi connectivity index (χ2n) is 6.71. The van der Waals surface area contributed by atoms with Gasteiger partial charge in [0.25, 0.3) is 5.91 Å². The number of aromatic nitrogens is 3. The van der Waals surface area contributed by atoms with Crippen molar-refractivity contribution in [3.05, 3.63) is 41.7 Å². The molecule has 1 aliphatic rings. The average molecular weight is 328 g/mol. The number of nitrogens with zero attached hydrogens (tertiary/aromatic N) is 3. The van der Waals surface area contributed by atoms with Gasteiger partial charge in [-0.15, -0.1) is 5.10 Å². The molecular weight excluding hydrogens is 304 g/mol. The molecule has 0 saturated heterocycles. The molecule has 1 aromatic heterocycles. The number of aliphatic hydroxyl groups is 1. The summed E-state index contributed by atoms with van der Waals surface area (Å²) in [4.78, 5) is 12.3. The van der Waals surface area contributed by atoms with E-state index in [9.17, 15) is 9.90 Å². The number of hydrogen-bond acceptors (Lipinski definition) is 4. The van der Waals surface area contributed by atoms with E-state index in [4.69, 9.17) is 0 Å². The van der Waals surface area contributed by atoms with Crippen molar-refractivity contribution in [1.29, 1.82) is 0 Å². The van der Waals surface area contributed by atoms with Gasteiger partial charge in [0.2, 0.25) is 0 Å². The van der Waals surface area contributed by atoms with E-state index < -0.39 is 5.60 Å². The van der Waals surface area contributed by atoms with Crippen molar-refractivity contribution in [2.45, 2.75) is 51.0 Å². The summed E-state index contributed by atoms with van der Waals surface area (Å²) in [6, 6.07) is 7.83. The van der Waals surface area contributed by atoms with Gasteiger partial charge in [0, 0.05) is 6.54 Å². The van der Waals surface area contributed by atoms with E-state index in [2.05, 4.69) is 15.6 Å². The van der Waals surface area contributed by atoms with Gasteiger partial charge in [-0.2, -0.15) is 0 Å². The molecule has 1 aromatic carbocycles. The predicted molar refractivity (Wildman–Crippen MR) is 91.1 cm³/mol. The van der Waals surface area contributed by atoms with Gasteiger partial charge >= 0.3 is 0 Å². The minimum absolute atomic E-state index is 0.258. The van der Waals surface area contributed by atoms with Crippen LogP contribution in [0.5, 0.6) is 0 Å². The Morgan fingerprint density at radius 2 is 2.04 bits per heavy atom. The Bertz CT molecular complexity index is 703. The first-order valence-corrected chi connectivity index (χ1v) is 8.56. The van der Waals surface area contributed by atoms with E-state index in [1.165, 1.54) is 0 Å². The average Bonchev–Trinajstić information content (AvgIpc) is 2.97. The molecular formula is C18H24N4O2. The first-order chi connectivity index (χ1) is 11.6. The Hall–Kier alpha value is -2.21. The summed E-state index contributed by atoms with van der Waals surface area (Å²) in [5.74, 6) is -0.299. The quantitative estimate of drug-likeness (QED) is 0.845. The zero-order valence-corrected chi connectivity index (χ0v) is 14.0. The van der Waals surface area contributed by atoms with Gasteiger partial charge in [0.15, 0.2) is 5.69 Å². The van der Waals surface area contributed by atoms with Crippen molar-refractivity contribution in [3.63, 3.8) is 0 Å². The van der Waals surface area contributed by atoms with Crippen LogP contribution in [-0.4, -0.2) is 38.2 Å². The molecule has 1 saturated carbocycles. The van der Waals surface area contributed by atoms with E-state index in [0.717, 1.165) is 49.8 Å². The summed E-state index contributed by atoms with van der Waals surface area (Å²) in [5.41, 5.74) is 1.45. The molecule has 3 rings (SSSR count). The molecule has 6 nitrogen and oxygen atoms in total. The molecule has 0 spiro atoms. The molecule has 2 aromatic rings. The lowest BCUT2D eigenvalue weighted by atomic mass is 9.94. The van der Waals surface area contributed by atoms with Gasteiger partial charge in [0.05, 0.1) is 17.5 Å². The maximum Gasteiger partial charge on any atom is 0.273 e. The first kappa shape index (κ1) is 16.6. The van der Waals surface area contributed by atoms with Crippen LogP contribution in [0.25, 0.3) is 5.69 Å². The SMILES string of the molecule is Cc1cccc(-n2cc(C(=O)NCC3(O)CCCCCC3)nn2)c1. The summed E-state index contributed by atoms with van der Waals surface area (Å²) >= 11 is 0. The second-order valence-corrected chi connectivity index (χ2v) is 6.71. The van der Waals surface area contributed by atoms with E-state index in [0.29, 0.717) is 0 Å². The minimum Gasteiger partial charge on any atom is -0.388 e. The zero-order chi connectivity index (χ0) is 17.0. The van der Waals surface area contributed by atoms with Crippen LogP contribution in [-0.2, 0) is 0 Å². The number of carbonyl (C=O) groups is 1. The number of benzene rings is 1. The molecule has 0 radical (unpaired) electrons. The van der Waals surface area contributed by atoms with Crippen LogP contribution in [0.3, 0.4) is 0 Å². The molecule has 1 amide bonds. The van der Waals surface area contributed by atoms with Gasteiger partial charge in [0.1, 0.15) is 0 Å². The lowest BCUT2D eigenvalue weighted by Crippen LogP contribution is -2.42. The van der Waals surface area contributed by atoms with Crippen LogP contribution < -0.4 is 5.32 Å². The monoisotopic (exact) mass is 328 g/mol. The van der Waals surface area contributed by atoms with Gasteiger partial charge in [-0.3, -0.25) is 4.79 Å². The highest BCUT2D eigenvalue weighted by molar-refractivity contribution is 5.91. The maximum atomic E-state index is 12.3. The number of rotatable bonds is 4. The number of carbonyl (C=O) groups excluding carboxylic acids is 1. The fraction of sp³-hybridized carbons (Fsp3) is 0.500. The van der Waals surface area contributed by atoms with E-state index in [1.807, 2.05) is 31.2 Å². The summed E-state index contributed by atoms with van der Waals surface area (Å²) in [5, 5.41) is 21.4. The molecule has 1 heterocycles. The van der Waals surface area contributed by atoms with Crippen LogP contribution in [0.2, 0.25) is 0 Å². The number of aryl methyl sites for hydroxylation is 1. The maximum absolute atomic E-state index is 12.3.